The maximum atomic E-state index is 11.8. The maximum Gasteiger partial charge on any atom is 0.422 e. The Bertz CT molecular complexity index is 412. The number of carbonyl (C=O) groups excluding carboxylic acids is 1. The molecule has 1 amide bonds. The Balaban J connectivity index is 2.68. The number of hydrogen-bond acceptors (Lipinski definition) is 2. The van der Waals surface area contributed by atoms with Crippen molar-refractivity contribution in [2.24, 2.45) is 0 Å². The van der Waals surface area contributed by atoms with E-state index >= 15 is 0 Å². The Morgan fingerprint density at radius 2 is 1.94 bits per heavy atom. The van der Waals surface area contributed by atoms with E-state index in [0.29, 0.717) is 6.54 Å². The summed E-state index contributed by atoms with van der Waals surface area (Å²) >= 11 is 0. The van der Waals surface area contributed by atoms with Gasteiger partial charge in [-0.05, 0) is 26.3 Å². The van der Waals surface area contributed by atoms with Gasteiger partial charge in [-0.2, -0.15) is 0 Å². The quantitative estimate of drug-likeness (QED) is 0.578. The van der Waals surface area contributed by atoms with E-state index in [0.717, 1.165) is 5.56 Å². The average molecular weight is 231 g/mol. The summed E-state index contributed by atoms with van der Waals surface area (Å²) in [5.74, 6) is 0. The van der Waals surface area contributed by atoms with Crippen LogP contribution in [0.2, 0.25) is 0 Å². The minimum atomic E-state index is -0.539. The molecule has 1 aromatic carbocycles. The van der Waals surface area contributed by atoms with Crippen LogP contribution in [0.3, 0.4) is 0 Å². The molecule has 0 saturated heterocycles. The second kappa shape index (κ2) is 5.40. The first-order valence-electron chi connectivity index (χ1n) is 5.43. The molecule has 0 aliphatic carbocycles. The van der Waals surface area contributed by atoms with E-state index < -0.39 is 11.7 Å². The van der Waals surface area contributed by atoms with Crippen molar-refractivity contribution in [3.8, 4) is 12.5 Å². The highest BCUT2D eigenvalue weighted by molar-refractivity contribution is 5.70. The van der Waals surface area contributed by atoms with Gasteiger partial charge in [0.15, 0.2) is 0 Å². The fraction of sp³-hybridized carbons (Fsp3) is 0.357. The molecule has 0 bridgehead atoms. The van der Waals surface area contributed by atoms with Gasteiger partial charge in [-0.1, -0.05) is 36.8 Å². The molecular formula is C14H17NO2. The Morgan fingerprint density at radius 3 is 2.41 bits per heavy atom. The second-order valence-corrected chi connectivity index (χ2v) is 4.68. The summed E-state index contributed by atoms with van der Waals surface area (Å²) in [4.78, 5) is 13.0. The second-order valence-electron chi connectivity index (χ2n) is 4.68. The fourth-order valence-electron chi connectivity index (χ4n) is 1.25. The molecule has 0 heterocycles. The minimum absolute atomic E-state index is 0.353. The molecule has 0 aliphatic heterocycles. The van der Waals surface area contributed by atoms with E-state index in [2.05, 4.69) is 6.04 Å². The normalized spacial score (nSPS) is 10.5. The molecule has 0 fully saturated rings. The van der Waals surface area contributed by atoms with Crippen LogP contribution in [-0.4, -0.2) is 16.6 Å². The van der Waals surface area contributed by atoms with E-state index in [1.54, 1.807) is 0 Å². The highest BCUT2D eigenvalue weighted by atomic mass is 16.6. The van der Waals surface area contributed by atoms with Crippen LogP contribution >= 0.6 is 0 Å². The lowest BCUT2D eigenvalue weighted by atomic mass is 10.2. The minimum Gasteiger partial charge on any atom is -0.443 e. The van der Waals surface area contributed by atoms with E-state index in [-0.39, 0.29) is 0 Å². The smallest absolute Gasteiger partial charge is 0.422 e. The van der Waals surface area contributed by atoms with Crippen molar-refractivity contribution < 1.29 is 9.53 Å². The number of rotatable bonds is 2. The Labute approximate surface area is 102 Å². The largest absolute Gasteiger partial charge is 0.443 e. The van der Waals surface area contributed by atoms with Crippen molar-refractivity contribution in [3.05, 3.63) is 35.9 Å². The van der Waals surface area contributed by atoms with Crippen LogP contribution in [0.5, 0.6) is 0 Å². The molecule has 0 aromatic heterocycles. The Hall–Kier alpha value is -1.95. The molecule has 0 unspecified atom stereocenters. The summed E-state index contributed by atoms with van der Waals surface area (Å²) in [7, 11) is 0. The van der Waals surface area contributed by atoms with Gasteiger partial charge in [0.1, 0.15) is 5.60 Å². The molecule has 0 N–H and O–H groups in total. The predicted octanol–water partition coefficient (Wildman–Crippen LogP) is 3.01. The lowest BCUT2D eigenvalue weighted by molar-refractivity contribution is 0.0341. The third-order valence-corrected chi connectivity index (χ3v) is 1.95. The monoisotopic (exact) mass is 231 g/mol. The van der Waals surface area contributed by atoms with Gasteiger partial charge in [0, 0.05) is 6.04 Å². The number of carbonyl (C=O) groups is 1. The molecule has 3 heteroatoms. The standard InChI is InChI=1S/C14H17NO2/c1-5-15(13(16)17-14(2,3)4)11-12-9-7-6-8-10-12/h1,6-10H,11H2,2-4H3. The highest BCUT2D eigenvalue weighted by Crippen LogP contribution is 2.11. The molecule has 1 rings (SSSR count). The summed E-state index contributed by atoms with van der Waals surface area (Å²) < 4.78 is 5.21. The van der Waals surface area contributed by atoms with E-state index in [4.69, 9.17) is 11.2 Å². The molecule has 90 valence electrons. The third-order valence-electron chi connectivity index (χ3n) is 1.95. The highest BCUT2D eigenvalue weighted by Gasteiger charge is 2.21. The van der Waals surface area contributed by atoms with Gasteiger partial charge in [0.25, 0.3) is 0 Å². The van der Waals surface area contributed by atoms with E-state index in [1.807, 2.05) is 51.1 Å². The van der Waals surface area contributed by atoms with Gasteiger partial charge in [0.2, 0.25) is 0 Å². The van der Waals surface area contributed by atoms with Crippen LogP contribution in [0.25, 0.3) is 0 Å². The maximum absolute atomic E-state index is 11.8. The first-order valence-corrected chi connectivity index (χ1v) is 5.43. The lowest BCUT2D eigenvalue weighted by Gasteiger charge is -2.23. The first kappa shape index (κ1) is 13.1. The summed E-state index contributed by atoms with van der Waals surface area (Å²) in [6.45, 7) is 5.78. The summed E-state index contributed by atoms with van der Waals surface area (Å²) in [6, 6.07) is 11.9. The van der Waals surface area contributed by atoms with Crippen LogP contribution in [-0.2, 0) is 11.3 Å². The molecule has 0 spiro atoms. The zero-order valence-corrected chi connectivity index (χ0v) is 10.4. The first-order chi connectivity index (χ1) is 7.92. The Morgan fingerprint density at radius 1 is 1.35 bits per heavy atom. The topological polar surface area (TPSA) is 29.5 Å². The van der Waals surface area contributed by atoms with Crippen molar-refractivity contribution in [1.29, 1.82) is 0 Å². The lowest BCUT2D eigenvalue weighted by Crippen LogP contribution is -2.33. The predicted molar refractivity (Wildman–Crippen MR) is 67.1 cm³/mol. The van der Waals surface area contributed by atoms with Crippen molar-refractivity contribution in [2.45, 2.75) is 32.9 Å². The number of terminal acetylenes is 1. The number of nitrogens with zero attached hydrogens (tertiary/aromatic N) is 1. The number of hydrogen-bond donors (Lipinski definition) is 0. The number of benzene rings is 1. The summed E-state index contributed by atoms with van der Waals surface area (Å²) in [5.41, 5.74) is 0.430. The van der Waals surface area contributed by atoms with Crippen molar-refractivity contribution >= 4 is 6.09 Å². The molecule has 0 radical (unpaired) electrons. The molecule has 17 heavy (non-hydrogen) atoms. The van der Waals surface area contributed by atoms with Crippen LogP contribution in [0.15, 0.2) is 30.3 Å². The molecule has 0 atom stereocenters. The molecule has 1 aromatic rings. The third kappa shape index (κ3) is 4.60. The number of ether oxygens (including phenoxy) is 1. The van der Waals surface area contributed by atoms with Gasteiger partial charge in [0.05, 0.1) is 6.54 Å². The molecule has 0 saturated carbocycles. The SMILES string of the molecule is C#CN(Cc1ccccc1)C(=O)OC(C)(C)C. The molecular weight excluding hydrogens is 214 g/mol. The van der Waals surface area contributed by atoms with Gasteiger partial charge in [-0.15, -0.1) is 0 Å². The average Bonchev–Trinajstić information content (AvgIpc) is 2.24. The number of amides is 1. The van der Waals surface area contributed by atoms with Gasteiger partial charge >= 0.3 is 6.09 Å². The zero-order valence-electron chi connectivity index (χ0n) is 10.4. The summed E-state index contributed by atoms with van der Waals surface area (Å²) in [6.07, 6.45) is 4.82. The van der Waals surface area contributed by atoms with Crippen molar-refractivity contribution in [3.63, 3.8) is 0 Å². The van der Waals surface area contributed by atoms with Gasteiger partial charge in [-0.3, -0.25) is 0 Å². The van der Waals surface area contributed by atoms with Crippen LogP contribution in [0, 0.1) is 12.5 Å². The fourth-order valence-corrected chi connectivity index (χ4v) is 1.25. The van der Waals surface area contributed by atoms with E-state index in [1.165, 1.54) is 4.90 Å². The van der Waals surface area contributed by atoms with Crippen molar-refractivity contribution in [2.75, 3.05) is 0 Å². The zero-order chi connectivity index (χ0) is 12.9. The van der Waals surface area contributed by atoms with Crippen molar-refractivity contribution in [1.82, 2.24) is 4.90 Å². The van der Waals surface area contributed by atoms with Crippen LogP contribution in [0.4, 0.5) is 4.79 Å². The molecule has 0 aliphatic rings. The van der Waals surface area contributed by atoms with Crippen LogP contribution < -0.4 is 0 Å². The van der Waals surface area contributed by atoms with Gasteiger partial charge < -0.3 is 4.74 Å². The summed E-state index contributed by atoms with van der Waals surface area (Å²) in [5, 5.41) is 0. The van der Waals surface area contributed by atoms with Gasteiger partial charge in [-0.25, -0.2) is 9.69 Å². The molecule has 3 nitrogen and oxygen atoms in total. The Kier molecular flexibility index (Phi) is 4.17. The van der Waals surface area contributed by atoms with Crippen LogP contribution in [0.1, 0.15) is 26.3 Å². The van der Waals surface area contributed by atoms with E-state index in [9.17, 15) is 4.79 Å².